The number of rotatable bonds is 3. The molecule has 1 aromatic rings. The summed E-state index contributed by atoms with van der Waals surface area (Å²) in [5.74, 6) is 0.0200. The second kappa shape index (κ2) is 5.34. The second-order valence-corrected chi connectivity index (χ2v) is 7.98. The van der Waals surface area contributed by atoms with Crippen LogP contribution in [0.4, 0.5) is 5.69 Å². The predicted molar refractivity (Wildman–Crippen MR) is 77.4 cm³/mol. The summed E-state index contributed by atoms with van der Waals surface area (Å²) in [5.41, 5.74) is 0.629. The predicted octanol–water partition coefficient (Wildman–Crippen LogP) is 2.85. The molecule has 0 bridgehead atoms. The molecule has 104 valence electrons. The highest BCUT2D eigenvalue weighted by molar-refractivity contribution is 8.13. The van der Waals surface area contributed by atoms with Crippen molar-refractivity contribution < 1.29 is 13.2 Å². The molecule has 1 heterocycles. The highest BCUT2D eigenvalue weighted by atomic mass is 35.7. The zero-order chi connectivity index (χ0) is 14.2. The van der Waals surface area contributed by atoms with Crippen molar-refractivity contribution in [3.63, 3.8) is 0 Å². The minimum atomic E-state index is -3.78. The average molecular weight is 320 g/mol. The summed E-state index contributed by atoms with van der Waals surface area (Å²) in [5, 5.41) is -0.106. The molecule has 0 saturated carbocycles. The number of carbonyl (C=O) groups is 1. The van der Waals surface area contributed by atoms with Crippen LogP contribution >= 0.6 is 22.4 Å². The van der Waals surface area contributed by atoms with Gasteiger partial charge in [0.1, 0.15) is 0 Å². The third-order valence-electron chi connectivity index (χ3n) is 3.00. The Hall–Kier alpha value is -0.720. The number of benzene rings is 1. The van der Waals surface area contributed by atoms with Crippen molar-refractivity contribution >= 4 is 43.1 Å². The summed E-state index contributed by atoms with van der Waals surface area (Å²) in [6, 6.07) is 4.66. The van der Waals surface area contributed by atoms with Gasteiger partial charge in [0.25, 0.3) is 9.05 Å². The largest absolute Gasteiger partial charge is 0.311 e. The molecule has 0 aromatic heterocycles. The van der Waals surface area contributed by atoms with Crippen LogP contribution in [-0.2, 0) is 13.8 Å². The van der Waals surface area contributed by atoms with E-state index in [0.29, 0.717) is 12.2 Å². The Labute approximate surface area is 121 Å². The first-order chi connectivity index (χ1) is 8.88. The number of hydrogen-bond acceptors (Lipinski definition) is 4. The van der Waals surface area contributed by atoms with Crippen molar-refractivity contribution in [2.45, 2.75) is 35.3 Å². The Bertz CT molecular complexity index is 615. The molecule has 1 unspecified atom stereocenters. The van der Waals surface area contributed by atoms with E-state index in [1.54, 1.807) is 11.0 Å². The van der Waals surface area contributed by atoms with Crippen molar-refractivity contribution in [3.8, 4) is 0 Å². The van der Waals surface area contributed by atoms with Gasteiger partial charge in [-0.15, -0.1) is 11.8 Å². The number of carbonyl (C=O) groups excluding carboxylic acids is 1. The van der Waals surface area contributed by atoms with Gasteiger partial charge >= 0.3 is 0 Å². The molecule has 0 saturated heterocycles. The van der Waals surface area contributed by atoms with Gasteiger partial charge in [0.2, 0.25) is 5.91 Å². The first-order valence-corrected chi connectivity index (χ1v) is 9.14. The molecule has 0 aliphatic carbocycles. The maximum atomic E-state index is 12.2. The van der Waals surface area contributed by atoms with Gasteiger partial charge in [0, 0.05) is 22.1 Å². The Balaban J connectivity index is 2.55. The summed E-state index contributed by atoms with van der Waals surface area (Å²) in [4.78, 5) is 14.8. The van der Waals surface area contributed by atoms with E-state index in [9.17, 15) is 13.2 Å². The minimum Gasteiger partial charge on any atom is -0.311 e. The number of halogens is 1. The molecule has 1 atom stereocenters. The summed E-state index contributed by atoms with van der Waals surface area (Å²) in [6.45, 7) is 4.34. The van der Waals surface area contributed by atoms with Crippen molar-refractivity contribution in [1.29, 1.82) is 0 Å². The molecule has 1 aromatic carbocycles. The topological polar surface area (TPSA) is 54.5 Å². The molecule has 1 aliphatic heterocycles. The van der Waals surface area contributed by atoms with E-state index in [1.165, 1.54) is 23.9 Å². The lowest BCUT2D eigenvalue weighted by Gasteiger charge is -2.32. The van der Waals surface area contributed by atoms with Crippen LogP contribution in [0.1, 0.15) is 20.3 Å². The Morgan fingerprint density at radius 2 is 2.05 bits per heavy atom. The monoisotopic (exact) mass is 319 g/mol. The zero-order valence-corrected chi connectivity index (χ0v) is 13.0. The quantitative estimate of drug-likeness (QED) is 0.804. The number of nitrogens with zero attached hydrogens (tertiary/aromatic N) is 1. The van der Waals surface area contributed by atoms with Gasteiger partial charge < -0.3 is 4.90 Å². The molecule has 7 heteroatoms. The molecular weight excluding hydrogens is 306 g/mol. The standard InChI is InChI=1S/C12H14ClNO3S2/c1-3-10-12(15)14(4-2)9-7-8(19(13,16)17)5-6-11(9)18-10/h5-7,10H,3-4H2,1-2H3. The molecule has 0 N–H and O–H groups in total. The number of fused-ring (bicyclic) bond motifs is 1. The number of hydrogen-bond donors (Lipinski definition) is 0. The average Bonchev–Trinajstić information content (AvgIpc) is 2.36. The second-order valence-electron chi connectivity index (χ2n) is 4.16. The lowest BCUT2D eigenvalue weighted by atomic mass is 10.2. The van der Waals surface area contributed by atoms with Gasteiger partial charge in [0.05, 0.1) is 15.8 Å². The Kier molecular flexibility index (Phi) is 4.13. The van der Waals surface area contributed by atoms with Crippen LogP contribution < -0.4 is 4.90 Å². The van der Waals surface area contributed by atoms with Crippen LogP contribution in [0.5, 0.6) is 0 Å². The highest BCUT2D eigenvalue weighted by Gasteiger charge is 2.32. The maximum Gasteiger partial charge on any atom is 0.261 e. The van der Waals surface area contributed by atoms with Gasteiger partial charge in [-0.1, -0.05) is 6.92 Å². The number of thioether (sulfide) groups is 1. The summed E-state index contributed by atoms with van der Waals surface area (Å²) in [7, 11) is 1.57. The molecule has 2 rings (SSSR count). The van der Waals surface area contributed by atoms with Crippen molar-refractivity contribution in [3.05, 3.63) is 18.2 Å². The lowest BCUT2D eigenvalue weighted by molar-refractivity contribution is -0.118. The lowest BCUT2D eigenvalue weighted by Crippen LogP contribution is -2.40. The zero-order valence-electron chi connectivity index (χ0n) is 10.6. The molecule has 0 radical (unpaired) electrons. The van der Waals surface area contributed by atoms with E-state index in [4.69, 9.17) is 10.7 Å². The van der Waals surface area contributed by atoms with Gasteiger partial charge in [-0.25, -0.2) is 8.42 Å². The minimum absolute atomic E-state index is 0.0200. The van der Waals surface area contributed by atoms with Crippen LogP contribution in [0.25, 0.3) is 0 Å². The molecule has 1 amide bonds. The maximum absolute atomic E-state index is 12.2. The molecule has 0 spiro atoms. The van der Waals surface area contributed by atoms with Crippen molar-refractivity contribution in [2.75, 3.05) is 11.4 Å². The van der Waals surface area contributed by atoms with Crippen LogP contribution in [0, 0.1) is 0 Å². The molecule has 4 nitrogen and oxygen atoms in total. The van der Waals surface area contributed by atoms with Crippen LogP contribution in [0.3, 0.4) is 0 Å². The number of anilines is 1. The van der Waals surface area contributed by atoms with E-state index in [1.807, 2.05) is 13.8 Å². The first-order valence-electron chi connectivity index (χ1n) is 5.95. The van der Waals surface area contributed by atoms with E-state index >= 15 is 0 Å². The van der Waals surface area contributed by atoms with E-state index in [0.717, 1.165) is 11.3 Å². The van der Waals surface area contributed by atoms with Crippen LogP contribution in [-0.4, -0.2) is 26.1 Å². The third-order valence-corrected chi connectivity index (χ3v) is 5.77. The van der Waals surface area contributed by atoms with Gasteiger partial charge in [0.15, 0.2) is 0 Å². The smallest absolute Gasteiger partial charge is 0.261 e. The van der Waals surface area contributed by atoms with Gasteiger partial charge in [-0.3, -0.25) is 4.79 Å². The molecule has 1 aliphatic rings. The summed E-state index contributed by atoms with van der Waals surface area (Å²) >= 11 is 1.47. The normalized spacial score (nSPS) is 19.4. The fourth-order valence-corrected chi connectivity index (χ4v) is 3.95. The van der Waals surface area contributed by atoms with Crippen molar-refractivity contribution in [1.82, 2.24) is 0 Å². The first kappa shape index (κ1) is 14.7. The summed E-state index contributed by atoms with van der Waals surface area (Å²) in [6.07, 6.45) is 0.745. The van der Waals surface area contributed by atoms with E-state index < -0.39 is 9.05 Å². The van der Waals surface area contributed by atoms with Gasteiger partial charge in [-0.05, 0) is 31.5 Å². The fourth-order valence-electron chi connectivity index (χ4n) is 2.04. The van der Waals surface area contributed by atoms with E-state index in [2.05, 4.69) is 0 Å². The SMILES string of the molecule is CCC1Sc2ccc(S(=O)(=O)Cl)cc2N(CC)C1=O. The van der Waals surface area contributed by atoms with E-state index in [-0.39, 0.29) is 16.1 Å². The molecule has 19 heavy (non-hydrogen) atoms. The Morgan fingerprint density at radius 1 is 1.37 bits per heavy atom. The van der Waals surface area contributed by atoms with Crippen LogP contribution in [0.2, 0.25) is 0 Å². The molecule has 0 fully saturated rings. The fraction of sp³-hybridized carbons (Fsp3) is 0.417. The molecular formula is C12H14ClNO3S2. The van der Waals surface area contributed by atoms with Gasteiger partial charge in [-0.2, -0.15) is 0 Å². The number of amides is 1. The van der Waals surface area contributed by atoms with Crippen LogP contribution in [0.15, 0.2) is 28.0 Å². The Morgan fingerprint density at radius 3 is 2.58 bits per heavy atom. The summed E-state index contributed by atoms with van der Waals surface area (Å²) < 4.78 is 22.7. The third kappa shape index (κ3) is 2.75. The van der Waals surface area contributed by atoms with Crippen molar-refractivity contribution in [2.24, 2.45) is 0 Å². The highest BCUT2D eigenvalue weighted by Crippen LogP contribution is 2.41.